The van der Waals surface area contributed by atoms with Crippen LogP contribution < -0.4 is 10.6 Å². The highest BCUT2D eigenvalue weighted by Crippen LogP contribution is 2.35. The van der Waals surface area contributed by atoms with E-state index in [2.05, 4.69) is 20.5 Å². The number of carbonyl (C=O) groups is 1. The Morgan fingerprint density at radius 1 is 1.24 bits per heavy atom. The maximum atomic E-state index is 11.9. The first-order valence-electron chi connectivity index (χ1n) is 9.05. The van der Waals surface area contributed by atoms with Crippen LogP contribution >= 0.6 is 35.3 Å². The van der Waals surface area contributed by atoms with Crippen LogP contribution in [0.2, 0.25) is 0 Å². The van der Waals surface area contributed by atoms with E-state index in [9.17, 15) is 4.79 Å². The van der Waals surface area contributed by atoms with Crippen LogP contribution in [0.1, 0.15) is 41.8 Å². The van der Waals surface area contributed by atoms with Gasteiger partial charge in [0.2, 0.25) is 0 Å². The second kappa shape index (κ2) is 10.4. The molecule has 1 saturated carbocycles. The van der Waals surface area contributed by atoms with E-state index >= 15 is 0 Å². The molecule has 1 saturated heterocycles. The molecule has 25 heavy (non-hydrogen) atoms. The predicted octanol–water partition coefficient (Wildman–Crippen LogP) is 3.18. The average molecular weight is 476 g/mol. The van der Waals surface area contributed by atoms with Crippen molar-refractivity contribution in [3.63, 3.8) is 0 Å². The zero-order chi connectivity index (χ0) is 16.8. The lowest BCUT2D eigenvalue weighted by atomic mass is 9.82. The van der Waals surface area contributed by atoms with Gasteiger partial charge in [0, 0.05) is 33.2 Å². The topological polar surface area (TPSA) is 56.7 Å². The van der Waals surface area contributed by atoms with Gasteiger partial charge in [0.15, 0.2) is 5.96 Å². The highest BCUT2D eigenvalue weighted by molar-refractivity contribution is 14.0. The number of fused-ring (bicyclic) bond motifs is 1. The third-order valence-corrected chi connectivity index (χ3v) is 6.02. The maximum Gasteiger partial charge on any atom is 0.261 e. The molecule has 0 spiro atoms. The SMILES string of the molecule is CN=C(NCCCNC(=O)c1cccs1)N1CC2CCCCC2C1.I. The van der Waals surface area contributed by atoms with Crippen LogP contribution in [0, 0.1) is 11.8 Å². The fourth-order valence-corrected chi connectivity index (χ4v) is 4.54. The number of hydrogen-bond donors (Lipinski definition) is 2. The van der Waals surface area contributed by atoms with Gasteiger partial charge in [-0.15, -0.1) is 35.3 Å². The zero-order valence-corrected chi connectivity index (χ0v) is 18.0. The van der Waals surface area contributed by atoms with E-state index in [1.54, 1.807) is 0 Å². The Morgan fingerprint density at radius 3 is 2.52 bits per heavy atom. The smallest absolute Gasteiger partial charge is 0.261 e. The number of thiophene rings is 1. The molecule has 2 heterocycles. The number of halogens is 1. The number of carbonyl (C=O) groups excluding carboxylic acids is 1. The fraction of sp³-hybridized carbons (Fsp3) is 0.667. The van der Waals surface area contributed by atoms with Crippen molar-refractivity contribution in [1.82, 2.24) is 15.5 Å². The normalized spacial score (nSPS) is 22.9. The van der Waals surface area contributed by atoms with Crippen molar-refractivity contribution in [2.24, 2.45) is 16.8 Å². The highest BCUT2D eigenvalue weighted by Gasteiger charge is 2.35. The van der Waals surface area contributed by atoms with Crippen molar-refractivity contribution in [2.45, 2.75) is 32.1 Å². The standard InChI is InChI=1S/C18H28N4OS.HI/c1-19-18(22-12-14-6-2-3-7-15(14)13-22)21-10-5-9-20-17(23)16-8-4-11-24-16;/h4,8,11,14-15H,2-3,5-7,9-10,12-13H2,1H3,(H,19,21)(H,20,23);1H. The molecule has 2 fully saturated rings. The van der Waals surface area contributed by atoms with Gasteiger partial charge in [-0.1, -0.05) is 18.9 Å². The number of likely N-dealkylation sites (tertiary alicyclic amines) is 1. The van der Waals surface area contributed by atoms with Gasteiger partial charge in [0.05, 0.1) is 4.88 Å². The first kappa shape index (κ1) is 20.5. The fourth-order valence-electron chi connectivity index (χ4n) is 3.90. The third kappa shape index (κ3) is 5.57. The Morgan fingerprint density at radius 2 is 1.92 bits per heavy atom. The van der Waals surface area contributed by atoms with Crippen LogP contribution in [0.3, 0.4) is 0 Å². The minimum absolute atomic E-state index is 0. The van der Waals surface area contributed by atoms with Gasteiger partial charge in [-0.3, -0.25) is 9.79 Å². The van der Waals surface area contributed by atoms with Crippen molar-refractivity contribution in [3.05, 3.63) is 22.4 Å². The molecule has 2 aliphatic rings. The van der Waals surface area contributed by atoms with Crippen LogP contribution in [0.4, 0.5) is 0 Å². The highest BCUT2D eigenvalue weighted by atomic mass is 127. The molecular formula is C18H29IN4OS. The molecule has 2 N–H and O–H groups in total. The number of rotatable bonds is 5. The molecule has 140 valence electrons. The summed E-state index contributed by atoms with van der Waals surface area (Å²) in [5, 5.41) is 8.35. The van der Waals surface area contributed by atoms with E-state index in [1.165, 1.54) is 37.0 Å². The largest absolute Gasteiger partial charge is 0.356 e. The minimum Gasteiger partial charge on any atom is -0.356 e. The van der Waals surface area contributed by atoms with Crippen LogP contribution in [-0.2, 0) is 0 Å². The average Bonchev–Trinajstić information content (AvgIpc) is 3.27. The summed E-state index contributed by atoms with van der Waals surface area (Å²) in [5.74, 6) is 2.77. The molecular weight excluding hydrogens is 447 g/mol. The molecule has 1 aliphatic heterocycles. The van der Waals surface area contributed by atoms with Crippen molar-refractivity contribution in [2.75, 3.05) is 33.2 Å². The molecule has 1 amide bonds. The Bertz CT molecular complexity index is 549. The summed E-state index contributed by atoms with van der Waals surface area (Å²) in [4.78, 5) is 19.5. The van der Waals surface area contributed by atoms with Gasteiger partial charge in [0.1, 0.15) is 0 Å². The molecule has 3 rings (SSSR count). The van der Waals surface area contributed by atoms with E-state index in [0.717, 1.165) is 48.7 Å². The predicted molar refractivity (Wildman–Crippen MR) is 115 cm³/mol. The number of guanidine groups is 1. The van der Waals surface area contributed by atoms with Gasteiger partial charge in [-0.05, 0) is 42.5 Å². The first-order valence-corrected chi connectivity index (χ1v) is 9.93. The van der Waals surface area contributed by atoms with Crippen LogP contribution in [0.25, 0.3) is 0 Å². The molecule has 1 aromatic heterocycles. The van der Waals surface area contributed by atoms with Gasteiger partial charge in [0.25, 0.3) is 5.91 Å². The number of nitrogens with one attached hydrogen (secondary N) is 2. The van der Waals surface area contributed by atoms with Gasteiger partial charge in [-0.2, -0.15) is 0 Å². The molecule has 0 bridgehead atoms. The lowest BCUT2D eigenvalue weighted by Crippen LogP contribution is -2.41. The molecule has 1 aromatic rings. The first-order chi connectivity index (χ1) is 11.8. The lowest BCUT2D eigenvalue weighted by molar-refractivity contribution is 0.0957. The van der Waals surface area contributed by atoms with Crippen molar-refractivity contribution < 1.29 is 4.79 Å². The van der Waals surface area contributed by atoms with Crippen molar-refractivity contribution in [3.8, 4) is 0 Å². The second-order valence-corrected chi connectivity index (χ2v) is 7.72. The summed E-state index contributed by atoms with van der Waals surface area (Å²) in [6, 6.07) is 3.76. The van der Waals surface area contributed by atoms with E-state index in [-0.39, 0.29) is 29.9 Å². The Hall–Kier alpha value is -0.830. The quantitative estimate of drug-likeness (QED) is 0.297. The molecule has 0 aromatic carbocycles. The Kier molecular flexibility index (Phi) is 8.48. The molecule has 2 unspecified atom stereocenters. The summed E-state index contributed by atoms with van der Waals surface area (Å²) < 4.78 is 0. The summed E-state index contributed by atoms with van der Waals surface area (Å²) in [5.41, 5.74) is 0. The number of hydrogen-bond acceptors (Lipinski definition) is 3. The third-order valence-electron chi connectivity index (χ3n) is 5.15. The van der Waals surface area contributed by atoms with Crippen molar-refractivity contribution in [1.29, 1.82) is 0 Å². The van der Waals surface area contributed by atoms with E-state index in [4.69, 9.17) is 0 Å². The van der Waals surface area contributed by atoms with E-state index in [0.29, 0.717) is 6.54 Å². The number of amides is 1. The molecule has 2 atom stereocenters. The number of nitrogens with zero attached hydrogens (tertiary/aromatic N) is 2. The molecule has 5 nitrogen and oxygen atoms in total. The van der Waals surface area contributed by atoms with E-state index < -0.39 is 0 Å². The van der Waals surface area contributed by atoms with E-state index in [1.807, 2.05) is 24.6 Å². The summed E-state index contributed by atoms with van der Waals surface area (Å²) in [6.45, 7) is 3.83. The molecule has 0 radical (unpaired) electrons. The van der Waals surface area contributed by atoms with Crippen molar-refractivity contribution >= 4 is 47.2 Å². The second-order valence-electron chi connectivity index (χ2n) is 6.77. The monoisotopic (exact) mass is 476 g/mol. The Balaban J connectivity index is 0.00000225. The zero-order valence-electron chi connectivity index (χ0n) is 14.9. The van der Waals surface area contributed by atoms with Gasteiger partial charge in [-0.25, -0.2) is 0 Å². The molecule has 1 aliphatic carbocycles. The van der Waals surface area contributed by atoms with Crippen LogP contribution in [0.15, 0.2) is 22.5 Å². The minimum atomic E-state index is 0. The van der Waals surface area contributed by atoms with Gasteiger partial charge < -0.3 is 15.5 Å². The maximum absolute atomic E-state index is 11.9. The van der Waals surface area contributed by atoms with Gasteiger partial charge >= 0.3 is 0 Å². The summed E-state index contributed by atoms with van der Waals surface area (Å²) in [6.07, 6.45) is 6.45. The number of aliphatic imine (C=N–C) groups is 1. The van der Waals surface area contributed by atoms with Crippen LogP contribution in [-0.4, -0.2) is 50.0 Å². The molecule has 7 heteroatoms. The summed E-state index contributed by atoms with van der Waals surface area (Å²) >= 11 is 1.48. The summed E-state index contributed by atoms with van der Waals surface area (Å²) in [7, 11) is 1.86. The van der Waals surface area contributed by atoms with Crippen LogP contribution in [0.5, 0.6) is 0 Å². The lowest BCUT2D eigenvalue weighted by Gasteiger charge is -2.22. The Labute approximate surface area is 171 Å².